The molecular formula is C11H16O4. The van der Waals surface area contributed by atoms with Crippen LogP contribution in [-0.2, 0) is 19.0 Å². The summed E-state index contributed by atoms with van der Waals surface area (Å²) in [7, 11) is 0. The molecule has 0 aromatic carbocycles. The monoisotopic (exact) mass is 212 g/mol. The number of ether oxygens (including phenoxy) is 3. The fourth-order valence-corrected chi connectivity index (χ4v) is 2.35. The summed E-state index contributed by atoms with van der Waals surface area (Å²) in [6.07, 6.45) is 0.821. The molecule has 4 heteroatoms. The van der Waals surface area contributed by atoms with E-state index in [-0.39, 0.29) is 11.9 Å². The van der Waals surface area contributed by atoms with E-state index in [1.807, 2.05) is 6.92 Å². The van der Waals surface area contributed by atoms with Crippen molar-refractivity contribution in [3.63, 3.8) is 0 Å². The average molecular weight is 212 g/mol. The summed E-state index contributed by atoms with van der Waals surface area (Å²) in [5.74, 6) is -0.252. The van der Waals surface area contributed by atoms with Gasteiger partial charge in [-0.05, 0) is 20.3 Å². The summed E-state index contributed by atoms with van der Waals surface area (Å²) in [6, 6.07) is 0. The molecule has 4 nitrogen and oxygen atoms in total. The molecule has 0 saturated carbocycles. The average Bonchev–Trinajstić information content (AvgIpc) is 2.58. The lowest BCUT2D eigenvalue weighted by Gasteiger charge is -2.23. The van der Waals surface area contributed by atoms with Crippen LogP contribution in [0.25, 0.3) is 0 Å². The predicted octanol–water partition coefficient (Wildman–Crippen LogP) is 1.61. The molecule has 0 aliphatic carbocycles. The molecule has 1 saturated heterocycles. The number of hydrogen-bond donors (Lipinski definition) is 0. The Hall–Kier alpha value is -1.03. The Kier molecular flexibility index (Phi) is 2.46. The molecule has 0 amide bonds. The molecule has 0 spiro atoms. The second kappa shape index (κ2) is 3.52. The second-order valence-corrected chi connectivity index (χ2v) is 4.00. The molecule has 0 unspecified atom stereocenters. The van der Waals surface area contributed by atoms with Crippen LogP contribution < -0.4 is 0 Å². The van der Waals surface area contributed by atoms with Crippen molar-refractivity contribution in [2.24, 2.45) is 5.92 Å². The van der Waals surface area contributed by atoms with Crippen LogP contribution in [0.15, 0.2) is 11.3 Å². The molecule has 0 aromatic heterocycles. The van der Waals surface area contributed by atoms with Crippen molar-refractivity contribution < 1.29 is 19.0 Å². The number of carbonyl (C=O) groups is 1. The molecule has 2 rings (SSSR count). The summed E-state index contributed by atoms with van der Waals surface area (Å²) in [4.78, 5) is 11.7. The van der Waals surface area contributed by atoms with Crippen molar-refractivity contribution in [1.29, 1.82) is 0 Å². The first-order valence-electron chi connectivity index (χ1n) is 5.29. The highest BCUT2D eigenvalue weighted by molar-refractivity contribution is 5.90. The highest BCUT2D eigenvalue weighted by atomic mass is 16.7. The van der Waals surface area contributed by atoms with Gasteiger partial charge in [0.15, 0.2) is 0 Å². The molecule has 1 fully saturated rings. The van der Waals surface area contributed by atoms with Gasteiger partial charge >= 0.3 is 5.97 Å². The Morgan fingerprint density at radius 3 is 3.07 bits per heavy atom. The maximum atomic E-state index is 11.7. The molecule has 15 heavy (non-hydrogen) atoms. The van der Waals surface area contributed by atoms with Crippen molar-refractivity contribution >= 4 is 5.97 Å². The maximum absolute atomic E-state index is 11.7. The lowest BCUT2D eigenvalue weighted by atomic mass is 9.92. The van der Waals surface area contributed by atoms with Crippen LogP contribution in [-0.4, -0.2) is 25.0 Å². The molecule has 2 aliphatic heterocycles. The van der Waals surface area contributed by atoms with Gasteiger partial charge in [-0.25, -0.2) is 4.79 Å². The lowest BCUT2D eigenvalue weighted by molar-refractivity contribution is -0.173. The van der Waals surface area contributed by atoms with Gasteiger partial charge in [0.1, 0.15) is 5.76 Å². The van der Waals surface area contributed by atoms with Crippen molar-refractivity contribution in [1.82, 2.24) is 0 Å². The minimum atomic E-state index is -0.647. The normalized spacial score (nSPS) is 33.9. The van der Waals surface area contributed by atoms with Gasteiger partial charge in [-0.1, -0.05) is 0 Å². The van der Waals surface area contributed by atoms with Crippen molar-refractivity contribution in [3.05, 3.63) is 11.3 Å². The summed E-state index contributed by atoms with van der Waals surface area (Å²) < 4.78 is 16.1. The molecule has 2 heterocycles. The van der Waals surface area contributed by atoms with Gasteiger partial charge in [0, 0.05) is 6.92 Å². The van der Waals surface area contributed by atoms with E-state index in [0.29, 0.717) is 24.5 Å². The zero-order valence-electron chi connectivity index (χ0n) is 9.33. The fourth-order valence-electron chi connectivity index (χ4n) is 2.35. The number of carbonyl (C=O) groups excluding carboxylic acids is 1. The van der Waals surface area contributed by atoms with E-state index in [1.54, 1.807) is 13.8 Å². The number of allylic oxidation sites excluding steroid dienone is 1. The Labute approximate surface area is 89.2 Å². The number of hydrogen-bond acceptors (Lipinski definition) is 4. The first-order valence-corrected chi connectivity index (χ1v) is 5.29. The van der Waals surface area contributed by atoms with Crippen LogP contribution >= 0.6 is 0 Å². The van der Waals surface area contributed by atoms with Crippen LogP contribution in [0.1, 0.15) is 27.2 Å². The van der Waals surface area contributed by atoms with E-state index in [9.17, 15) is 4.79 Å². The summed E-state index contributed by atoms with van der Waals surface area (Å²) in [6.45, 7) is 6.49. The van der Waals surface area contributed by atoms with Gasteiger partial charge in [0.2, 0.25) is 5.79 Å². The maximum Gasteiger partial charge on any atom is 0.337 e. The fraction of sp³-hybridized carbons (Fsp3) is 0.727. The van der Waals surface area contributed by atoms with Crippen molar-refractivity contribution in [2.75, 3.05) is 13.2 Å². The van der Waals surface area contributed by atoms with Gasteiger partial charge in [-0.15, -0.1) is 0 Å². The third-order valence-corrected chi connectivity index (χ3v) is 3.01. The van der Waals surface area contributed by atoms with Gasteiger partial charge in [0.05, 0.1) is 24.7 Å². The van der Waals surface area contributed by atoms with Crippen molar-refractivity contribution in [2.45, 2.75) is 33.0 Å². The Bertz CT molecular complexity index is 321. The molecule has 2 aliphatic rings. The van der Waals surface area contributed by atoms with Gasteiger partial charge < -0.3 is 14.2 Å². The zero-order valence-corrected chi connectivity index (χ0v) is 9.33. The van der Waals surface area contributed by atoms with Crippen LogP contribution in [0.3, 0.4) is 0 Å². The second-order valence-electron chi connectivity index (χ2n) is 4.00. The highest BCUT2D eigenvalue weighted by Gasteiger charge is 2.52. The lowest BCUT2D eigenvalue weighted by Crippen LogP contribution is -2.31. The minimum absolute atomic E-state index is 0.0246. The number of esters is 1. The van der Waals surface area contributed by atoms with E-state index in [2.05, 4.69) is 0 Å². The SMILES string of the molecule is CCOC(=O)C1=C(C)O[C@@]2(C)OCC[C@@H]12. The van der Waals surface area contributed by atoms with Gasteiger partial charge in [-0.2, -0.15) is 0 Å². The van der Waals surface area contributed by atoms with E-state index < -0.39 is 5.79 Å². The Morgan fingerprint density at radius 1 is 1.67 bits per heavy atom. The molecule has 84 valence electrons. The van der Waals surface area contributed by atoms with E-state index in [4.69, 9.17) is 14.2 Å². The van der Waals surface area contributed by atoms with Crippen LogP contribution in [0.4, 0.5) is 0 Å². The zero-order chi connectivity index (χ0) is 11.1. The first-order chi connectivity index (χ1) is 7.08. The summed E-state index contributed by atoms with van der Waals surface area (Å²) in [5.41, 5.74) is 0.650. The third kappa shape index (κ3) is 1.53. The molecule has 0 aromatic rings. The quantitative estimate of drug-likeness (QED) is 0.652. The molecule has 0 N–H and O–H groups in total. The van der Waals surface area contributed by atoms with E-state index in [0.717, 1.165) is 6.42 Å². The van der Waals surface area contributed by atoms with Gasteiger partial charge in [-0.3, -0.25) is 0 Å². The Morgan fingerprint density at radius 2 is 2.40 bits per heavy atom. The predicted molar refractivity (Wildman–Crippen MR) is 52.9 cm³/mol. The van der Waals surface area contributed by atoms with Crippen LogP contribution in [0, 0.1) is 5.92 Å². The molecule has 0 bridgehead atoms. The molecule has 2 atom stereocenters. The van der Waals surface area contributed by atoms with E-state index >= 15 is 0 Å². The Balaban J connectivity index is 2.24. The summed E-state index contributed by atoms with van der Waals surface area (Å²) >= 11 is 0. The smallest absolute Gasteiger partial charge is 0.337 e. The van der Waals surface area contributed by atoms with Gasteiger partial charge in [0.25, 0.3) is 0 Å². The van der Waals surface area contributed by atoms with E-state index in [1.165, 1.54) is 0 Å². The minimum Gasteiger partial charge on any atom is -0.466 e. The molecule has 0 radical (unpaired) electrons. The molecular weight excluding hydrogens is 196 g/mol. The van der Waals surface area contributed by atoms with Crippen LogP contribution in [0.5, 0.6) is 0 Å². The summed E-state index contributed by atoms with van der Waals surface area (Å²) in [5, 5.41) is 0. The first kappa shape index (κ1) is 10.5. The third-order valence-electron chi connectivity index (χ3n) is 3.01. The number of fused-ring (bicyclic) bond motifs is 1. The largest absolute Gasteiger partial charge is 0.466 e. The van der Waals surface area contributed by atoms with Crippen LogP contribution in [0.2, 0.25) is 0 Å². The topological polar surface area (TPSA) is 44.8 Å². The highest BCUT2D eigenvalue weighted by Crippen LogP contribution is 2.46. The standard InChI is InChI=1S/C11H16O4/c1-4-13-10(12)9-7(2)15-11(3)8(9)5-6-14-11/h8H,4-6H2,1-3H3/t8-,11+/m0/s1. The van der Waals surface area contributed by atoms with Crippen molar-refractivity contribution in [3.8, 4) is 0 Å². The number of rotatable bonds is 2.